The lowest BCUT2D eigenvalue weighted by molar-refractivity contribution is -0.137. The number of hydrogen-bond donors (Lipinski definition) is 0. The van der Waals surface area contributed by atoms with E-state index >= 15 is 0 Å². The smallest absolute Gasteiger partial charge is 0.225 e. The Morgan fingerprint density at radius 1 is 1.13 bits per heavy atom. The molecule has 1 aromatic heterocycles. The summed E-state index contributed by atoms with van der Waals surface area (Å²) in [5.74, 6) is 2.06. The highest BCUT2D eigenvalue weighted by Crippen LogP contribution is 2.30. The quantitative estimate of drug-likeness (QED) is 0.750. The molecule has 4 rings (SSSR count). The molecule has 0 bridgehead atoms. The van der Waals surface area contributed by atoms with Crippen molar-refractivity contribution < 1.29 is 9.18 Å². The van der Waals surface area contributed by atoms with E-state index in [9.17, 15) is 9.18 Å². The maximum absolute atomic E-state index is 13.8. The van der Waals surface area contributed by atoms with E-state index < -0.39 is 0 Å². The van der Waals surface area contributed by atoms with Crippen LogP contribution in [0.15, 0.2) is 24.3 Å². The van der Waals surface area contributed by atoms with Crippen molar-refractivity contribution in [2.24, 2.45) is 5.92 Å². The molecule has 0 spiro atoms. The average molecular weight is 411 g/mol. The molecule has 1 saturated heterocycles. The summed E-state index contributed by atoms with van der Waals surface area (Å²) < 4.78 is 13.8. The molecule has 6 heteroatoms. The van der Waals surface area contributed by atoms with Crippen molar-refractivity contribution in [1.29, 1.82) is 0 Å². The highest BCUT2D eigenvalue weighted by atomic mass is 19.1. The third kappa shape index (κ3) is 4.47. The van der Waals surface area contributed by atoms with Crippen molar-refractivity contribution in [2.75, 3.05) is 31.1 Å². The highest BCUT2D eigenvalue weighted by molar-refractivity contribution is 5.79. The third-order valence-electron chi connectivity index (χ3n) is 6.35. The maximum Gasteiger partial charge on any atom is 0.225 e. The second-order valence-electron chi connectivity index (χ2n) is 8.47. The largest absolute Gasteiger partial charge is 0.354 e. The fraction of sp³-hybridized carbons (Fsp3) is 0.542. The second-order valence-corrected chi connectivity index (χ2v) is 8.47. The predicted octanol–water partition coefficient (Wildman–Crippen LogP) is 3.92. The van der Waals surface area contributed by atoms with Crippen molar-refractivity contribution in [2.45, 2.75) is 52.4 Å². The molecule has 0 N–H and O–H groups in total. The normalized spacial score (nSPS) is 17.6. The average Bonchev–Trinajstić information content (AvgIpc) is 2.94. The van der Waals surface area contributed by atoms with Crippen LogP contribution in [0, 0.1) is 18.7 Å². The number of anilines is 1. The van der Waals surface area contributed by atoms with Crippen molar-refractivity contribution in [3.63, 3.8) is 0 Å². The summed E-state index contributed by atoms with van der Waals surface area (Å²) >= 11 is 0. The van der Waals surface area contributed by atoms with Crippen molar-refractivity contribution in [3.8, 4) is 0 Å². The molecule has 2 heterocycles. The number of halogens is 1. The van der Waals surface area contributed by atoms with Crippen LogP contribution in [0.1, 0.15) is 55.3 Å². The van der Waals surface area contributed by atoms with Crippen molar-refractivity contribution >= 4 is 11.7 Å². The molecule has 30 heavy (non-hydrogen) atoms. The van der Waals surface area contributed by atoms with Crippen molar-refractivity contribution in [3.05, 3.63) is 52.7 Å². The zero-order valence-corrected chi connectivity index (χ0v) is 18.0. The third-order valence-corrected chi connectivity index (χ3v) is 6.35. The molecule has 0 unspecified atom stereocenters. The number of aryl methyl sites for hydroxylation is 2. The Kier molecular flexibility index (Phi) is 6.30. The van der Waals surface area contributed by atoms with Crippen LogP contribution in [-0.2, 0) is 17.6 Å². The number of carbonyl (C=O) groups excluding carboxylic acids is 1. The molecular formula is C24H31FN4O. The zero-order chi connectivity index (χ0) is 21.1. The van der Waals surface area contributed by atoms with Crippen LogP contribution in [0.5, 0.6) is 0 Å². The molecule has 2 fully saturated rings. The van der Waals surface area contributed by atoms with Crippen LogP contribution < -0.4 is 4.90 Å². The number of aromatic nitrogens is 2. The van der Waals surface area contributed by atoms with Gasteiger partial charge in [-0.3, -0.25) is 4.79 Å². The molecule has 160 valence electrons. The van der Waals surface area contributed by atoms with Gasteiger partial charge in [-0.1, -0.05) is 25.5 Å². The van der Waals surface area contributed by atoms with Crippen LogP contribution in [0.4, 0.5) is 10.2 Å². The first-order valence-electron chi connectivity index (χ1n) is 11.2. The molecule has 1 saturated carbocycles. The zero-order valence-electron chi connectivity index (χ0n) is 18.0. The Hall–Kier alpha value is -2.50. The second kappa shape index (κ2) is 9.11. The summed E-state index contributed by atoms with van der Waals surface area (Å²) in [5, 5.41) is 0. The number of benzene rings is 1. The Morgan fingerprint density at radius 2 is 1.97 bits per heavy atom. The summed E-state index contributed by atoms with van der Waals surface area (Å²) in [6.45, 7) is 7.22. The van der Waals surface area contributed by atoms with E-state index in [-0.39, 0.29) is 11.7 Å². The van der Waals surface area contributed by atoms with Gasteiger partial charge in [-0.05, 0) is 50.3 Å². The van der Waals surface area contributed by atoms with Gasteiger partial charge < -0.3 is 9.80 Å². The van der Waals surface area contributed by atoms with Crippen LogP contribution >= 0.6 is 0 Å². The molecular weight excluding hydrogens is 379 g/mol. The van der Waals surface area contributed by atoms with Gasteiger partial charge in [0.1, 0.15) is 17.5 Å². The van der Waals surface area contributed by atoms with E-state index in [0.29, 0.717) is 12.3 Å². The van der Waals surface area contributed by atoms with E-state index in [1.54, 1.807) is 12.1 Å². The predicted molar refractivity (Wildman–Crippen MR) is 116 cm³/mol. The highest BCUT2D eigenvalue weighted by Gasteiger charge is 2.31. The molecule has 1 aromatic carbocycles. The number of nitrogens with zero attached hydrogens (tertiary/aromatic N) is 4. The minimum absolute atomic E-state index is 0.222. The molecule has 1 aliphatic heterocycles. The van der Waals surface area contributed by atoms with Gasteiger partial charge in [0.2, 0.25) is 5.91 Å². The lowest BCUT2D eigenvalue weighted by atomic mass is 9.84. The number of hydrogen-bond acceptors (Lipinski definition) is 4. The molecule has 1 aliphatic carbocycles. The standard InChI is InChI=1S/C24H31FN4O/c1-3-22-21(16-18-7-4-10-20(25)15-18)23(27-17(2)26-22)28-11-6-12-29(14-13-28)24(30)19-8-5-9-19/h4,7,10,15,19H,3,5-6,8-9,11-14,16H2,1-2H3. The fourth-order valence-electron chi connectivity index (χ4n) is 4.49. The lowest BCUT2D eigenvalue weighted by Crippen LogP contribution is -2.41. The minimum Gasteiger partial charge on any atom is -0.354 e. The number of carbonyl (C=O) groups is 1. The van der Waals surface area contributed by atoms with Crippen LogP contribution in [0.2, 0.25) is 0 Å². The summed E-state index contributed by atoms with van der Waals surface area (Å²) in [7, 11) is 0. The van der Waals surface area contributed by atoms with Gasteiger partial charge in [0.15, 0.2) is 0 Å². The summed E-state index contributed by atoms with van der Waals surface area (Å²) in [6, 6.07) is 6.76. The van der Waals surface area contributed by atoms with Gasteiger partial charge in [-0.15, -0.1) is 0 Å². The fourth-order valence-corrected chi connectivity index (χ4v) is 4.49. The number of rotatable bonds is 5. The topological polar surface area (TPSA) is 49.3 Å². The molecule has 0 radical (unpaired) electrons. The first-order chi connectivity index (χ1) is 14.5. The summed E-state index contributed by atoms with van der Waals surface area (Å²) in [4.78, 5) is 26.6. The SMILES string of the molecule is CCc1nc(C)nc(N2CCCN(C(=O)C3CCC3)CC2)c1Cc1cccc(F)c1. The van der Waals surface area contributed by atoms with E-state index in [2.05, 4.69) is 16.8 Å². The molecule has 2 aliphatic rings. The van der Waals surface area contributed by atoms with Crippen molar-refractivity contribution in [1.82, 2.24) is 14.9 Å². The molecule has 1 amide bonds. The van der Waals surface area contributed by atoms with Crippen LogP contribution in [0.3, 0.4) is 0 Å². The van der Waals surface area contributed by atoms with Gasteiger partial charge in [0, 0.05) is 49.8 Å². The van der Waals surface area contributed by atoms with Gasteiger partial charge in [0.05, 0.1) is 0 Å². The Balaban J connectivity index is 1.59. The maximum atomic E-state index is 13.8. The molecule has 0 atom stereocenters. The summed E-state index contributed by atoms with van der Waals surface area (Å²) in [5.41, 5.74) is 3.02. The first-order valence-corrected chi connectivity index (χ1v) is 11.2. The molecule has 5 nitrogen and oxygen atoms in total. The van der Waals surface area contributed by atoms with E-state index in [4.69, 9.17) is 4.98 Å². The van der Waals surface area contributed by atoms with Gasteiger partial charge in [-0.25, -0.2) is 14.4 Å². The summed E-state index contributed by atoms with van der Waals surface area (Å²) in [6.07, 6.45) is 5.62. The monoisotopic (exact) mass is 410 g/mol. The van der Waals surface area contributed by atoms with E-state index in [1.807, 2.05) is 17.9 Å². The minimum atomic E-state index is -0.222. The van der Waals surface area contributed by atoms with Gasteiger partial charge in [0.25, 0.3) is 0 Å². The van der Waals surface area contributed by atoms with Crippen LogP contribution in [-0.4, -0.2) is 47.0 Å². The van der Waals surface area contributed by atoms with E-state index in [0.717, 1.165) is 80.3 Å². The van der Waals surface area contributed by atoms with Gasteiger partial charge >= 0.3 is 0 Å². The Morgan fingerprint density at radius 3 is 2.67 bits per heavy atom. The molecule has 2 aromatic rings. The Labute approximate surface area is 178 Å². The number of amides is 1. The Bertz CT molecular complexity index is 912. The lowest BCUT2D eigenvalue weighted by Gasteiger charge is -2.31. The van der Waals surface area contributed by atoms with Gasteiger partial charge in [-0.2, -0.15) is 0 Å². The van der Waals surface area contributed by atoms with Crippen LogP contribution in [0.25, 0.3) is 0 Å². The van der Waals surface area contributed by atoms with E-state index in [1.165, 1.54) is 12.5 Å². The first kappa shape index (κ1) is 20.8.